The van der Waals surface area contributed by atoms with Gasteiger partial charge in [-0.15, -0.1) is 21.5 Å². The Balaban J connectivity index is 1.36. The summed E-state index contributed by atoms with van der Waals surface area (Å²) in [5.41, 5.74) is 3.01. The van der Waals surface area contributed by atoms with Crippen molar-refractivity contribution in [2.45, 2.75) is 24.5 Å². The number of thioether (sulfide) groups is 1. The largest absolute Gasteiger partial charge is 0.467 e. The van der Waals surface area contributed by atoms with Gasteiger partial charge in [-0.05, 0) is 42.1 Å². The normalized spacial score (nSPS) is 16.0. The fourth-order valence-electron chi connectivity index (χ4n) is 3.55. The number of thiophene rings is 1. The van der Waals surface area contributed by atoms with Crippen LogP contribution in [0.3, 0.4) is 0 Å². The van der Waals surface area contributed by atoms with Gasteiger partial charge in [-0.3, -0.25) is 9.36 Å². The summed E-state index contributed by atoms with van der Waals surface area (Å²) >= 11 is 2.97. The van der Waals surface area contributed by atoms with Crippen molar-refractivity contribution in [3.05, 3.63) is 82.7 Å². The molecule has 1 unspecified atom stereocenters. The number of furan rings is 1. The van der Waals surface area contributed by atoms with Crippen LogP contribution in [0.5, 0.6) is 0 Å². The lowest BCUT2D eigenvalue weighted by Gasteiger charge is -2.19. The van der Waals surface area contributed by atoms with E-state index in [9.17, 15) is 4.79 Å². The highest BCUT2D eigenvalue weighted by Gasteiger charge is 2.35. The zero-order valence-corrected chi connectivity index (χ0v) is 18.3. The van der Waals surface area contributed by atoms with Crippen molar-refractivity contribution in [2.24, 2.45) is 5.10 Å². The molecule has 31 heavy (non-hydrogen) atoms. The summed E-state index contributed by atoms with van der Waals surface area (Å²) < 4.78 is 7.51. The van der Waals surface area contributed by atoms with Crippen LogP contribution in [0, 0.1) is 6.92 Å². The Kier molecular flexibility index (Phi) is 5.44. The molecule has 0 fully saturated rings. The maximum Gasteiger partial charge on any atom is 0.253 e. The van der Waals surface area contributed by atoms with Gasteiger partial charge in [0.15, 0.2) is 5.16 Å². The van der Waals surface area contributed by atoms with Crippen molar-refractivity contribution < 1.29 is 9.21 Å². The molecule has 0 N–H and O–H groups in total. The Labute approximate surface area is 187 Å². The Morgan fingerprint density at radius 3 is 2.90 bits per heavy atom. The van der Waals surface area contributed by atoms with E-state index < -0.39 is 0 Å². The SMILES string of the molecule is Cc1ccccc1-n1cnnc1SCC(=O)N1N=C(c2cccs2)CC1c1ccco1. The van der Waals surface area contributed by atoms with E-state index in [1.807, 2.05) is 65.4 Å². The van der Waals surface area contributed by atoms with Crippen molar-refractivity contribution in [2.75, 3.05) is 5.75 Å². The highest BCUT2D eigenvalue weighted by atomic mass is 32.2. The predicted octanol–water partition coefficient (Wildman–Crippen LogP) is 4.70. The van der Waals surface area contributed by atoms with Crippen LogP contribution in [0.4, 0.5) is 0 Å². The second kappa shape index (κ2) is 8.52. The second-order valence-electron chi connectivity index (χ2n) is 7.06. The molecule has 3 aromatic heterocycles. The van der Waals surface area contributed by atoms with Crippen LogP contribution in [-0.4, -0.2) is 37.1 Å². The zero-order chi connectivity index (χ0) is 21.2. The van der Waals surface area contributed by atoms with Crippen LogP contribution >= 0.6 is 23.1 Å². The number of hydrogen-bond donors (Lipinski definition) is 0. The number of para-hydroxylation sites is 1. The molecular formula is C22H19N5O2S2. The third kappa shape index (κ3) is 3.94. The topological polar surface area (TPSA) is 76.5 Å². The molecule has 1 atom stereocenters. The van der Waals surface area contributed by atoms with Gasteiger partial charge in [0, 0.05) is 6.42 Å². The van der Waals surface area contributed by atoms with Crippen LogP contribution in [0.2, 0.25) is 0 Å². The minimum atomic E-state index is -0.241. The highest BCUT2D eigenvalue weighted by molar-refractivity contribution is 7.99. The Hall–Kier alpha value is -3.17. The molecule has 156 valence electrons. The van der Waals surface area contributed by atoms with Gasteiger partial charge in [-0.1, -0.05) is 36.0 Å². The Morgan fingerprint density at radius 2 is 2.13 bits per heavy atom. The van der Waals surface area contributed by atoms with Crippen molar-refractivity contribution in [1.29, 1.82) is 0 Å². The molecule has 0 aliphatic carbocycles. The van der Waals surface area contributed by atoms with Gasteiger partial charge >= 0.3 is 0 Å². The number of amides is 1. The van der Waals surface area contributed by atoms with Crippen molar-refractivity contribution >= 4 is 34.7 Å². The summed E-state index contributed by atoms with van der Waals surface area (Å²) in [4.78, 5) is 14.2. The van der Waals surface area contributed by atoms with Gasteiger partial charge in [-0.2, -0.15) is 5.10 Å². The Bertz CT molecular complexity index is 1210. The van der Waals surface area contributed by atoms with Crippen molar-refractivity contribution in [3.63, 3.8) is 0 Å². The summed E-state index contributed by atoms with van der Waals surface area (Å²) in [6, 6.07) is 15.5. The average molecular weight is 450 g/mol. The summed E-state index contributed by atoms with van der Waals surface area (Å²) in [5.74, 6) is 0.831. The number of aromatic nitrogens is 3. The molecular weight excluding hydrogens is 430 g/mol. The lowest BCUT2D eigenvalue weighted by atomic mass is 10.1. The number of benzene rings is 1. The first-order valence-electron chi connectivity index (χ1n) is 9.76. The molecule has 4 aromatic rings. The van der Waals surface area contributed by atoms with E-state index in [-0.39, 0.29) is 17.7 Å². The average Bonchev–Trinajstić information content (AvgIpc) is 3.58. The predicted molar refractivity (Wildman–Crippen MR) is 121 cm³/mol. The van der Waals surface area contributed by atoms with E-state index in [1.54, 1.807) is 28.9 Å². The van der Waals surface area contributed by atoms with E-state index in [0.717, 1.165) is 27.6 Å². The van der Waals surface area contributed by atoms with Gasteiger partial charge in [0.25, 0.3) is 5.91 Å². The van der Waals surface area contributed by atoms with Crippen LogP contribution in [-0.2, 0) is 4.79 Å². The van der Waals surface area contributed by atoms with E-state index in [4.69, 9.17) is 4.42 Å². The summed E-state index contributed by atoms with van der Waals surface area (Å²) in [6.07, 6.45) is 3.92. The van der Waals surface area contributed by atoms with E-state index in [0.29, 0.717) is 11.6 Å². The molecule has 7 nitrogen and oxygen atoms in total. The van der Waals surface area contributed by atoms with Gasteiger partial charge in [0.05, 0.1) is 28.3 Å². The monoisotopic (exact) mass is 449 g/mol. The lowest BCUT2D eigenvalue weighted by molar-refractivity contribution is -0.130. The first kappa shape index (κ1) is 19.8. The summed E-state index contributed by atoms with van der Waals surface area (Å²) in [7, 11) is 0. The molecule has 0 saturated heterocycles. The highest BCUT2D eigenvalue weighted by Crippen LogP contribution is 2.35. The second-order valence-corrected chi connectivity index (χ2v) is 8.95. The quantitative estimate of drug-likeness (QED) is 0.399. The number of carbonyl (C=O) groups excluding carboxylic acids is 1. The van der Waals surface area contributed by atoms with Crippen LogP contribution < -0.4 is 0 Å². The maximum absolute atomic E-state index is 13.2. The molecule has 0 spiro atoms. The number of aryl methyl sites for hydroxylation is 1. The number of hydrogen-bond acceptors (Lipinski definition) is 7. The van der Waals surface area contributed by atoms with Crippen molar-refractivity contribution in [3.8, 4) is 5.69 Å². The molecule has 9 heteroatoms. The third-order valence-corrected chi connectivity index (χ3v) is 6.91. The van der Waals surface area contributed by atoms with Crippen LogP contribution in [0.15, 0.2) is 81.2 Å². The number of rotatable bonds is 6. The Morgan fingerprint density at radius 1 is 1.23 bits per heavy atom. The van der Waals surface area contributed by atoms with Crippen LogP contribution in [0.1, 0.15) is 28.7 Å². The first-order chi connectivity index (χ1) is 15.2. The molecule has 0 saturated carbocycles. The summed E-state index contributed by atoms with van der Waals surface area (Å²) in [6.45, 7) is 2.04. The number of carbonyl (C=O) groups is 1. The molecule has 1 aliphatic heterocycles. The summed E-state index contributed by atoms with van der Waals surface area (Å²) in [5, 5.41) is 17.1. The molecule has 5 rings (SSSR count). The molecule has 1 amide bonds. The van der Waals surface area contributed by atoms with Gasteiger partial charge in [0.1, 0.15) is 18.1 Å². The van der Waals surface area contributed by atoms with Crippen molar-refractivity contribution in [1.82, 2.24) is 19.8 Å². The third-order valence-electron chi connectivity index (χ3n) is 5.06. The molecule has 4 heterocycles. The van der Waals surface area contributed by atoms with E-state index in [2.05, 4.69) is 15.3 Å². The molecule has 0 radical (unpaired) electrons. The molecule has 1 aliphatic rings. The van der Waals surface area contributed by atoms with Gasteiger partial charge in [0.2, 0.25) is 0 Å². The minimum Gasteiger partial charge on any atom is -0.467 e. The van der Waals surface area contributed by atoms with Gasteiger partial charge < -0.3 is 4.42 Å². The fraction of sp³-hybridized carbons (Fsp3) is 0.182. The lowest BCUT2D eigenvalue weighted by Crippen LogP contribution is -2.28. The minimum absolute atomic E-state index is 0.0997. The van der Waals surface area contributed by atoms with E-state index >= 15 is 0 Å². The number of nitrogens with zero attached hydrogens (tertiary/aromatic N) is 5. The van der Waals surface area contributed by atoms with E-state index in [1.165, 1.54) is 11.8 Å². The maximum atomic E-state index is 13.2. The first-order valence-corrected chi connectivity index (χ1v) is 11.6. The standard InChI is InChI=1S/C22H19N5O2S2/c1-15-6-2-3-7-17(15)26-14-23-24-22(26)31-13-21(28)27-18(19-8-4-10-29-19)12-16(25-27)20-9-5-11-30-20/h2-11,14,18H,12-13H2,1H3. The fourth-order valence-corrected chi connectivity index (χ4v) is 5.04. The smallest absolute Gasteiger partial charge is 0.253 e. The van der Waals surface area contributed by atoms with Crippen LogP contribution in [0.25, 0.3) is 5.69 Å². The zero-order valence-electron chi connectivity index (χ0n) is 16.7. The number of hydrazone groups is 1. The molecule has 0 bridgehead atoms. The molecule has 1 aromatic carbocycles. The van der Waals surface area contributed by atoms with Gasteiger partial charge in [-0.25, -0.2) is 5.01 Å².